The lowest BCUT2D eigenvalue weighted by Gasteiger charge is -2.30. The molecule has 0 bridgehead atoms. The van der Waals surface area contributed by atoms with Gasteiger partial charge in [0.25, 0.3) is 5.91 Å². The van der Waals surface area contributed by atoms with Gasteiger partial charge in [0.1, 0.15) is 0 Å². The van der Waals surface area contributed by atoms with E-state index >= 15 is 0 Å². The van der Waals surface area contributed by atoms with E-state index in [9.17, 15) is 9.90 Å². The summed E-state index contributed by atoms with van der Waals surface area (Å²) in [6.07, 6.45) is 2.84. The number of aliphatic hydroxyl groups is 1. The lowest BCUT2D eigenvalue weighted by atomic mass is 10.2. The van der Waals surface area contributed by atoms with Gasteiger partial charge in [-0.2, -0.15) is 0 Å². The number of rotatable bonds is 5. The summed E-state index contributed by atoms with van der Waals surface area (Å²) in [6.45, 7) is 4.02. The average molecular weight is 267 g/mol. The molecule has 0 unspecified atom stereocenters. The largest absolute Gasteiger partial charge is 0.390 e. The Balaban J connectivity index is 1.77. The van der Waals surface area contributed by atoms with Crippen LogP contribution < -0.4 is 0 Å². The topological polar surface area (TPSA) is 68.8 Å². The van der Waals surface area contributed by atoms with Gasteiger partial charge in [-0.3, -0.25) is 9.69 Å². The number of H-pyrrole nitrogens is 1. The van der Waals surface area contributed by atoms with Crippen LogP contribution in [0.2, 0.25) is 0 Å². The van der Waals surface area contributed by atoms with Gasteiger partial charge in [-0.1, -0.05) is 0 Å². The first-order valence-corrected chi connectivity index (χ1v) is 6.53. The third-order valence-corrected chi connectivity index (χ3v) is 3.25. The molecule has 1 saturated heterocycles. The summed E-state index contributed by atoms with van der Waals surface area (Å²) in [6, 6.07) is 1.73. The van der Waals surface area contributed by atoms with Crippen LogP contribution in [-0.4, -0.2) is 78.3 Å². The molecule has 1 aromatic heterocycles. The molecule has 19 heavy (non-hydrogen) atoms. The molecule has 1 atom stereocenters. The second-order valence-electron chi connectivity index (χ2n) is 4.85. The molecule has 1 aliphatic rings. The zero-order valence-electron chi connectivity index (χ0n) is 11.2. The van der Waals surface area contributed by atoms with Gasteiger partial charge in [-0.15, -0.1) is 0 Å². The minimum Gasteiger partial charge on any atom is -0.390 e. The fourth-order valence-electron chi connectivity index (χ4n) is 2.22. The number of β-amino-alcohol motifs (C(OH)–C–C–N with tert-alkyl or cyclic N) is 1. The first-order chi connectivity index (χ1) is 9.16. The number of ether oxygens (including phenoxy) is 1. The quantitative estimate of drug-likeness (QED) is 0.774. The van der Waals surface area contributed by atoms with Crippen molar-refractivity contribution < 1.29 is 14.6 Å². The van der Waals surface area contributed by atoms with Gasteiger partial charge in [0.05, 0.1) is 24.9 Å². The minimum atomic E-state index is -0.536. The van der Waals surface area contributed by atoms with Gasteiger partial charge < -0.3 is 19.7 Å². The minimum absolute atomic E-state index is 0.0812. The first-order valence-electron chi connectivity index (χ1n) is 6.53. The van der Waals surface area contributed by atoms with Crippen LogP contribution in [0.5, 0.6) is 0 Å². The molecule has 1 aliphatic heterocycles. The Labute approximate surface area is 113 Å². The predicted octanol–water partition coefficient (Wildman–Crippen LogP) is -0.220. The highest BCUT2D eigenvalue weighted by Gasteiger charge is 2.19. The molecule has 1 fully saturated rings. The van der Waals surface area contributed by atoms with E-state index in [-0.39, 0.29) is 5.91 Å². The number of aromatic nitrogens is 1. The molecule has 0 spiro atoms. The SMILES string of the molecule is CN(C[C@H](O)CN1CCOCC1)C(=O)c1cc[nH]c1. The van der Waals surface area contributed by atoms with Crippen LogP contribution in [0.4, 0.5) is 0 Å². The van der Waals surface area contributed by atoms with E-state index in [2.05, 4.69) is 9.88 Å². The lowest BCUT2D eigenvalue weighted by molar-refractivity contribution is 0.00879. The summed E-state index contributed by atoms with van der Waals surface area (Å²) >= 11 is 0. The standard InChI is InChI=1S/C13H21N3O3/c1-15(13(18)11-2-3-14-8-11)9-12(17)10-16-4-6-19-7-5-16/h2-3,8,12,14,17H,4-7,9-10H2,1H3/t12-/m0/s1. The molecule has 2 rings (SSSR count). The summed E-state index contributed by atoms with van der Waals surface area (Å²) in [7, 11) is 1.71. The molecule has 0 radical (unpaired) electrons. The predicted molar refractivity (Wildman–Crippen MR) is 71.0 cm³/mol. The van der Waals surface area contributed by atoms with E-state index in [1.165, 1.54) is 0 Å². The number of aliphatic hydroxyl groups excluding tert-OH is 1. The van der Waals surface area contributed by atoms with Crippen molar-refractivity contribution in [1.29, 1.82) is 0 Å². The van der Waals surface area contributed by atoms with Gasteiger partial charge in [0.15, 0.2) is 0 Å². The first kappa shape index (κ1) is 14.0. The van der Waals surface area contributed by atoms with Crippen LogP contribution in [0.25, 0.3) is 0 Å². The van der Waals surface area contributed by atoms with E-state index in [0.717, 1.165) is 13.1 Å². The average Bonchev–Trinajstić information content (AvgIpc) is 2.92. The molecule has 2 N–H and O–H groups in total. The Hall–Kier alpha value is -1.37. The van der Waals surface area contributed by atoms with Crippen molar-refractivity contribution in [1.82, 2.24) is 14.8 Å². The molecule has 106 valence electrons. The number of carbonyl (C=O) groups is 1. The normalized spacial score (nSPS) is 18.2. The van der Waals surface area contributed by atoms with Crippen molar-refractivity contribution in [2.45, 2.75) is 6.10 Å². The van der Waals surface area contributed by atoms with E-state index in [1.54, 1.807) is 30.4 Å². The summed E-state index contributed by atoms with van der Waals surface area (Å²) in [5.74, 6) is -0.0812. The number of nitrogens with one attached hydrogen (secondary N) is 1. The van der Waals surface area contributed by atoms with Crippen molar-refractivity contribution >= 4 is 5.91 Å². The van der Waals surface area contributed by atoms with Crippen LogP contribution in [0.1, 0.15) is 10.4 Å². The highest BCUT2D eigenvalue weighted by atomic mass is 16.5. The van der Waals surface area contributed by atoms with Crippen LogP contribution >= 0.6 is 0 Å². The second-order valence-corrected chi connectivity index (χ2v) is 4.85. The lowest BCUT2D eigenvalue weighted by Crippen LogP contribution is -2.45. The Bertz CT molecular complexity index is 388. The fraction of sp³-hybridized carbons (Fsp3) is 0.615. The number of amides is 1. The summed E-state index contributed by atoms with van der Waals surface area (Å²) in [4.78, 5) is 18.6. The van der Waals surface area contributed by atoms with Crippen LogP contribution in [0, 0.1) is 0 Å². The number of aromatic amines is 1. The molecule has 1 amide bonds. The smallest absolute Gasteiger partial charge is 0.255 e. The highest BCUT2D eigenvalue weighted by molar-refractivity contribution is 5.93. The van der Waals surface area contributed by atoms with Gasteiger partial charge in [-0.25, -0.2) is 0 Å². The maximum absolute atomic E-state index is 12.0. The Morgan fingerprint density at radius 1 is 1.58 bits per heavy atom. The maximum atomic E-state index is 12.0. The molecule has 0 aliphatic carbocycles. The monoisotopic (exact) mass is 267 g/mol. The van der Waals surface area contributed by atoms with E-state index in [1.807, 2.05) is 0 Å². The fourth-order valence-corrected chi connectivity index (χ4v) is 2.22. The highest BCUT2D eigenvalue weighted by Crippen LogP contribution is 2.04. The van der Waals surface area contributed by atoms with Crippen molar-refractivity contribution in [3.8, 4) is 0 Å². The van der Waals surface area contributed by atoms with Gasteiger partial charge >= 0.3 is 0 Å². The van der Waals surface area contributed by atoms with Gasteiger partial charge in [-0.05, 0) is 6.07 Å². The molecular formula is C13H21N3O3. The Morgan fingerprint density at radius 2 is 2.32 bits per heavy atom. The van der Waals surface area contributed by atoms with Crippen molar-refractivity contribution in [2.75, 3.05) is 46.4 Å². The zero-order chi connectivity index (χ0) is 13.7. The molecule has 0 aromatic carbocycles. The molecule has 6 heteroatoms. The number of hydrogen-bond donors (Lipinski definition) is 2. The van der Waals surface area contributed by atoms with Crippen molar-refractivity contribution in [3.05, 3.63) is 24.0 Å². The summed E-state index contributed by atoms with van der Waals surface area (Å²) in [5, 5.41) is 10.0. The number of nitrogens with zero attached hydrogens (tertiary/aromatic N) is 2. The van der Waals surface area contributed by atoms with E-state index in [4.69, 9.17) is 4.74 Å². The third-order valence-electron chi connectivity index (χ3n) is 3.25. The molecule has 2 heterocycles. The molecule has 0 saturated carbocycles. The maximum Gasteiger partial charge on any atom is 0.255 e. The van der Waals surface area contributed by atoms with E-state index < -0.39 is 6.10 Å². The third kappa shape index (κ3) is 4.05. The van der Waals surface area contributed by atoms with Crippen LogP contribution in [0.3, 0.4) is 0 Å². The Kier molecular flexibility index (Phi) is 4.95. The second kappa shape index (κ2) is 6.70. The zero-order valence-corrected chi connectivity index (χ0v) is 11.2. The van der Waals surface area contributed by atoms with Crippen molar-refractivity contribution in [3.63, 3.8) is 0 Å². The molecule has 6 nitrogen and oxygen atoms in total. The van der Waals surface area contributed by atoms with Crippen molar-refractivity contribution in [2.24, 2.45) is 0 Å². The number of morpholine rings is 1. The van der Waals surface area contributed by atoms with Gasteiger partial charge in [0.2, 0.25) is 0 Å². The summed E-state index contributed by atoms with van der Waals surface area (Å²) in [5.41, 5.74) is 0.612. The Morgan fingerprint density at radius 3 is 2.95 bits per heavy atom. The number of carbonyl (C=O) groups excluding carboxylic acids is 1. The van der Waals surface area contributed by atoms with Crippen LogP contribution in [0.15, 0.2) is 18.5 Å². The molecule has 1 aromatic rings. The molecular weight excluding hydrogens is 246 g/mol. The summed E-state index contributed by atoms with van der Waals surface area (Å²) < 4.78 is 5.26. The number of hydrogen-bond acceptors (Lipinski definition) is 4. The van der Waals surface area contributed by atoms with E-state index in [0.29, 0.717) is 31.9 Å². The van der Waals surface area contributed by atoms with Gasteiger partial charge in [0, 0.05) is 45.6 Å². The number of likely N-dealkylation sites (N-methyl/N-ethyl adjacent to an activating group) is 1. The van der Waals surface area contributed by atoms with Crippen LogP contribution in [-0.2, 0) is 4.74 Å².